The largest absolute Gasteiger partial charge is 0.454 e. The Morgan fingerprint density at radius 2 is 1.34 bits per heavy atom. The van der Waals surface area contributed by atoms with Crippen LogP contribution >= 0.6 is 0 Å². The number of rotatable bonds is 4. The molecule has 1 aliphatic rings. The number of hydrogen-bond acceptors (Lipinski definition) is 3. The van der Waals surface area contributed by atoms with Crippen molar-refractivity contribution in [1.82, 2.24) is 9.80 Å². The van der Waals surface area contributed by atoms with E-state index in [0.29, 0.717) is 37.5 Å². The number of carbonyl (C=O) groups excluding carboxylic acids is 2. The van der Waals surface area contributed by atoms with Crippen molar-refractivity contribution in [3.05, 3.63) is 95.3 Å². The molecule has 0 unspecified atom stereocenters. The van der Waals surface area contributed by atoms with Gasteiger partial charge in [0.1, 0.15) is 17.4 Å². The van der Waals surface area contributed by atoms with Gasteiger partial charge in [-0.05, 0) is 48.5 Å². The van der Waals surface area contributed by atoms with Crippen LogP contribution in [0.4, 0.5) is 13.2 Å². The zero-order chi connectivity index (χ0) is 22.7. The molecular weight excluding hydrogens is 421 g/mol. The maximum absolute atomic E-state index is 13.9. The van der Waals surface area contributed by atoms with Crippen molar-refractivity contribution in [2.24, 2.45) is 0 Å². The van der Waals surface area contributed by atoms with Crippen LogP contribution in [0.5, 0.6) is 11.5 Å². The summed E-state index contributed by atoms with van der Waals surface area (Å²) in [7, 11) is 0. The molecule has 1 aliphatic heterocycles. The molecular formula is C24H19F3N2O3. The second-order valence-electron chi connectivity index (χ2n) is 7.27. The van der Waals surface area contributed by atoms with Crippen LogP contribution in [0, 0.1) is 17.5 Å². The monoisotopic (exact) mass is 440 g/mol. The van der Waals surface area contributed by atoms with Crippen LogP contribution in [0.3, 0.4) is 0 Å². The molecule has 164 valence electrons. The zero-order valence-corrected chi connectivity index (χ0v) is 16.9. The van der Waals surface area contributed by atoms with Gasteiger partial charge in [0.25, 0.3) is 11.8 Å². The SMILES string of the molecule is O=C(c1ccc(Oc2ccc(F)cc2F)cc1)N1CCN(C(=O)c2ccccc2F)CC1. The molecule has 1 saturated heterocycles. The standard InChI is InChI=1S/C24H19F3N2O3/c25-17-7-10-22(21(27)15-17)32-18-8-5-16(6-9-18)23(30)28-11-13-29(14-12-28)24(31)19-3-1-2-4-20(19)26/h1-10,15H,11-14H2. The molecule has 0 atom stereocenters. The first-order chi connectivity index (χ1) is 15.4. The van der Waals surface area contributed by atoms with E-state index in [-0.39, 0.29) is 17.2 Å². The van der Waals surface area contributed by atoms with E-state index < -0.39 is 23.4 Å². The van der Waals surface area contributed by atoms with Gasteiger partial charge in [-0.2, -0.15) is 0 Å². The van der Waals surface area contributed by atoms with Crippen LogP contribution in [0.1, 0.15) is 20.7 Å². The third-order valence-corrected chi connectivity index (χ3v) is 5.18. The number of piperazine rings is 1. The van der Waals surface area contributed by atoms with Gasteiger partial charge in [0, 0.05) is 37.8 Å². The molecule has 1 fully saturated rings. The molecule has 3 aromatic carbocycles. The first-order valence-electron chi connectivity index (χ1n) is 9.98. The summed E-state index contributed by atoms with van der Waals surface area (Å²) in [6, 6.07) is 15.0. The lowest BCUT2D eigenvalue weighted by Crippen LogP contribution is -2.50. The van der Waals surface area contributed by atoms with Gasteiger partial charge in [-0.25, -0.2) is 13.2 Å². The normalized spacial score (nSPS) is 13.7. The van der Waals surface area contributed by atoms with Crippen LogP contribution in [-0.4, -0.2) is 47.8 Å². The number of amides is 2. The van der Waals surface area contributed by atoms with Crippen LogP contribution < -0.4 is 4.74 Å². The van der Waals surface area contributed by atoms with Crippen molar-refractivity contribution in [2.75, 3.05) is 26.2 Å². The highest BCUT2D eigenvalue weighted by Gasteiger charge is 2.26. The molecule has 0 spiro atoms. The number of hydrogen-bond donors (Lipinski definition) is 0. The topological polar surface area (TPSA) is 49.9 Å². The Morgan fingerprint density at radius 3 is 1.97 bits per heavy atom. The Morgan fingerprint density at radius 1 is 0.719 bits per heavy atom. The van der Waals surface area contributed by atoms with Crippen LogP contribution in [0.25, 0.3) is 0 Å². The lowest BCUT2D eigenvalue weighted by Gasteiger charge is -2.35. The fourth-order valence-corrected chi connectivity index (χ4v) is 3.45. The van der Waals surface area contributed by atoms with Gasteiger partial charge < -0.3 is 14.5 Å². The van der Waals surface area contributed by atoms with Crippen LogP contribution in [0.2, 0.25) is 0 Å². The molecule has 5 nitrogen and oxygen atoms in total. The molecule has 4 rings (SSSR count). The van der Waals surface area contributed by atoms with E-state index in [4.69, 9.17) is 4.74 Å². The van der Waals surface area contributed by atoms with E-state index in [2.05, 4.69) is 0 Å². The predicted molar refractivity (Wildman–Crippen MR) is 111 cm³/mol. The van der Waals surface area contributed by atoms with E-state index in [1.165, 1.54) is 41.3 Å². The van der Waals surface area contributed by atoms with Crippen molar-refractivity contribution in [3.63, 3.8) is 0 Å². The van der Waals surface area contributed by atoms with Crippen molar-refractivity contribution in [3.8, 4) is 11.5 Å². The van der Waals surface area contributed by atoms with E-state index in [0.717, 1.165) is 12.1 Å². The van der Waals surface area contributed by atoms with Crippen LogP contribution in [-0.2, 0) is 0 Å². The third kappa shape index (κ3) is 4.59. The van der Waals surface area contributed by atoms with E-state index in [9.17, 15) is 22.8 Å². The Kier molecular flexibility index (Phi) is 6.11. The summed E-state index contributed by atoms with van der Waals surface area (Å²) in [5.74, 6) is -2.54. The average molecular weight is 440 g/mol. The smallest absolute Gasteiger partial charge is 0.256 e. The molecule has 0 saturated carbocycles. The quantitative estimate of drug-likeness (QED) is 0.601. The number of ether oxygens (including phenoxy) is 1. The first-order valence-corrected chi connectivity index (χ1v) is 9.98. The second kappa shape index (κ2) is 9.13. The van der Waals surface area contributed by atoms with Gasteiger partial charge in [-0.15, -0.1) is 0 Å². The molecule has 3 aromatic rings. The van der Waals surface area contributed by atoms with Crippen molar-refractivity contribution >= 4 is 11.8 Å². The summed E-state index contributed by atoms with van der Waals surface area (Å²) in [5, 5.41) is 0. The minimum Gasteiger partial charge on any atom is -0.454 e. The van der Waals surface area contributed by atoms with Crippen LogP contribution in [0.15, 0.2) is 66.7 Å². The second-order valence-corrected chi connectivity index (χ2v) is 7.27. The predicted octanol–water partition coefficient (Wildman–Crippen LogP) is 4.49. The molecule has 1 heterocycles. The molecule has 32 heavy (non-hydrogen) atoms. The van der Waals surface area contributed by atoms with Gasteiger partial charge >= 0.3 is 0 Å². The van der Waals surface area contributed by atoms with Crippen molar-refractivity contribution < 1.29 is 27.5 Å². The first kappa shape index (κ1) is 21.4. The molecule has 0 aliphatic carbocycles. The number of benzene rings is 3. The highest BCUT2D eigenvalue weighted by Crippen LogP contribution is 2.25. The van der Waals surface area contributed by atoms with Gasteiger partial charge in [-0.1, -0.05) is 12.1 Å². The summed E-state index contributed by atoms with van der Waals surface area (Å²) in [6.07, 6.45) is 0. The minimum absolute atomic E-state index is 0.0143. The fraction of sp³-hybridized carbons (Fsp3) is 0.167. The Labute approximate surface area is 182 Å². The Hall–Kier alpha value is -3.81. The summed E-state index contributed by atoms with van der Waals surface area (Å²) >= 11 is 0. The number of carbonyl (C=O) groups is 2. The average Bonchev–Trinajstić information content (AvgIpc) is 2.81. The molecule has 0 radical (unpaired) electrons. The van der Waals surface area contributed by atoms with E-state index in [1.807, 2.05) is 0 Å². The van der Waals surface area contributed by atoms with Crippen molar-refractivity contribution in [1.29, 1.82) is 0 Å². The van der Waals surface area contributed by atoms with Gasteiger partial charge in [0.15, 0.2) is 11.6 Å². The highest BCUT2D eigenvalue weighted by molar-refractivity contribution is 5.96. The summed E-state index contributed by atoms with van der Waals surface area (Å²) in [4.78, 5) is 28.4. The fourth-order valence-electron chi connectivity index (χ4n) is 3.45. The maximum Gasteiger partial charge on any atom is 0.256 e. The molecule has 8 heteroatoms. The lowest BCUT2D eigenvalue weighted by molar-refractivity contribution is 0.0533. The Balaban J connectivity index is 1.36. The lowest BCUT2D eigenvalue weighted by atomic mass is 10.1. The maximum atomic E-state index is 13.9. The summed E-state index contributed by atoms with van der Waals surface area (Å²) < 4.78 is 46.0. The third-order valence-electron chi connectivity index (χ3n) is 5.18. The van der Waals surface area contributed by atoms with E-state index >= 15 is 0 Å². The van der Waals surface area contributed by atoms with Gasteiger partial charge in [0.05, 0.1) is 5.56 Å². The molecule has 0 N–H and O–H groups in total. The molecule has 2 amide bonds. The van der Waals surface area contributed by atoms with E-state index in [1.54, 1.807) is 23.1 Å². The number of nitrogens with zero attached hydrogens (tertiary/aromatic N) is 2. The van der Waals surface area contributed by atoms with Crippen molar-refractivity contribution in [2.45, 2.75) is 0 Å². The Bertz CT molecular complexity index is 1140. The zero-order valence-electron chi connectivity index (χ0n) is 16.9. The summed E-state index contributed by atoms with van der Waals surface area (Å²) in [5.41, 5.74) is 0.422. The highest BCUT2D eigenvalue weighted by atomic mass is 19.1. The minimum atomic E-state index is -0.826. The van der Waals surface area contributed by atoms with Gasteiger partial charge in [-0.3, -0.25) is 9.59 Å². The number of halogens is 3. The molecule has 0 bridgehead atoms. The summed E-state index contributed by atoms with van der Waals surface area (Å²) in [6.45, 7) is 1.23. The molecule has 0 aromatic heterocycles. The van der Waals surface area contributed by atoms with Gasteiger partial charge in [0.2, 0.25) is 0 Å².